The maximum Gasteiger partial charge on any atom is 0.317 e. The van der Waals surface area contributed by atoms with Gasteiger partial charge < -0.3 is 15.0 Å². The van der Waals surface area contributed by atoms with Crippen molar-refractivity contribution in [2.24, 2.45) is 0 Å². The Morgan fingerprint density at radius 2 is 2.13 bits per heavy atom. The van der Waals surface area contributed by atoms with Crippen molar-refractivity contribution in [3.05, 3.63) is 35.4 Å². The van der Waals surface area contributed by atoms with Gasteiger partial charge in [-0.05, 0) is 43.4 Å². The standard InChI is InChI=1S/C17H22F2N2O2/c18-15-6-5-12(9-16(15)19)13-3-1-7-21(11-13)17(22)20-10-14-4-2-8-23-14/h5-6,9,13-14H,1-4,7-8,10-11H2,(H,20,22). The SMILES string of the molecule is O=C(NCC1CCCO1)N1CCCC(c2ccc(F)c(F)c2)C1. The summed E-state index contributed by atoms with van der Waals surface area (Å²) in [4.78, 5) is 14.0. The second-order valence-corrected chi connectivity index (χ2v) is 6.28. The van der Waals surface area contributed by atoms with Crippen LogP contribution < -0.4 is 5.32 Å². The van der Waals surface area contributed by atoms with Gasteiger partial charge in [0.1, 0.15) is 0 Å². The van der Waals surface area contributed by atoms with Crippen LogP contribution in [0.1, 0.15) is 37.2 Å². The summed E-state index contributed by atoms with van der Waals surface area (Å²) >= 11 is 0. The molecule has 126 valence electrons. The molecule has 2 fully saturated rings. The van der Waals surface area contributed by atoms with E-state index in [1.165, 1.54) is 6.07 Å². The Bertz CT molecular complexity index is 562. The van der Waals surface area contributed by atoms with Gasteiger partial charge in [0.05, 0.1) is 6.10 Å². The Kier molecular flexibility index (Phi) is 5.10. The third-order valence-corrected chi connectivity index (χ3v) is 4.63. The fraction of sp³-hybridized carbons (Fsp3) is 0.588. The van der Waals surface area contributed by atoms with E-state index in [1.807, 2.05) is 0 Å². The lowest BCUT2D eigenvalue weighted by atomic mass is 9.90. The first-order valence-electron chi connectivity index (χ1n) is 8.23. The molecule has 3 rings (SSSR count). The maximum absolute atomic E-state index is 13.4. The molecule has 2 heterocycles. The van der Waals surface area contributed by atoms with Crippen LogP contribution in [-0.2, 0) is 4.74 Å². The average Bonchev–Trinajstić information content (AvgIpc) is 3.09. The van der Waals surface area contributed by atoms with E-state index >= 15 is 0 Å². The van der Waals surface area contributed by atoms with Gasteiger partial charge in [-0.25, -0.2) is 13.6 Å². The molecular formula is C17H22F2N2O2. The van der Waals surface area contributed by atoms with Gasteiger partial charge in [0.2, 0.25) is 0 Å². The molecule has 0 spiro atoms. The van der Waals surface area contributed by atoms with Crippen molar-refractivity contribution in [2.45, 2.75) is 37.7 Å². The van der Waals surface area contributed by atoms with Gasteiger partial charge in [0, 0.05) is 32.2 Å². The number of hydrogen-bond acceptors (Lipinski definition) is 2. The lowest BCUT2D eigenvalue weighted by molar-refractivity contribution is 0.108. The number of benzene rings is 1. The number of likely N-dealkylation sites (tertiary alicyclic amines) is 1. The van der Waals surface area contributed by atoms with Crippen molar-refractivity contribution in [3.63, 3.8) is 0 Å². The second-order valence-electron chi connectivity index (χ2n) is 6.28. The topological polar surface area (TPSA) is 41.6 Å². The normalized spacial score (nSPS) is 24.7. The number of ether oxygens (including phenoxy) is 1. The second kappa shape index (κ2) is 7.25. The van der Waals surface area contributed by atoms with E-state index in [4.69, 9.17) is 4.74 Å². The van der Waals surface area contributed by atoms with Crippen molar-refractivity contribution in [2.75, 3.05) is 26.2 Å². The lowest BCUT2D eigenvalue weighted by Crippen LogP contribution is -2.46. The number of piperidine rings is 1. The van der Waals surface area contributed by atoms with E-state index in [0.29, 0.717) is 19.6 Å². The molecule has 0 aromatic heterocycles. The number of carbonyl (C=O) groups is 1. The zero-order chi connectivity index (χ0) is 16.2. The summed E-state index contributed by atoms with van der Waals surface area (Å²) in [6.07, 6.45) is 3.88. The third-order valence-electron chi connectivity index (χ3n) is 4.63. The first-order valence-corrected chi connectivity index (χ1v) is 8.23. The smallest absolute Gasteiger partial charge is 0.317 e. The minimum Gasteiger partial charge on any atom is -0.376 e. The zero-order valence-electron chi connectivity index (χ0n) is 13.1. The lowest BCUT2D eigenvalue weighted by Gasteiger charge is -2.33. The van der Waals surface area contributed by atoms with Gasteiger partial charge >= 0.3 is 6.03 Å². The van der Waals surface area contributed by atoms with Crippen molar-refractivity contribution in [1.29, 1.82) is 0 Å². The summed E-state index contributed by atoms with van der Waals surface area (Å²) in [5.41, 5.74) is 0.750. The molecule has 2 amide bonds. The maximum atomic E-state index is 13.4. The van der Waals surface area contributed by atoms with Crippen LogP contribution in [0.2, 0.25) is 0 Å². The molecule has 1 aromatic rings. The number of carbonyl (C=O) groups excluding carboxylic acids is 1. The first kappa shape index (κ1) is 16.2. The van der Waals surface area contributed by atoms with Gasteiger partial charge in [0.15, 0.2) is 11.6 Å². The fourth-order valence-electron chi connectivity index (χ4n) is 3.32. The van der Waals surface area contributed by atoms with Crippen LogP contribution in [-0.4, -0.2) is 43.3 Å². The number of halogens is 2. The first-order chi connectivity index (χ1) is 11.1. The van der Waals surface area contributed by atoms with E-state index in [9.17, 15) is 13.6 Å². The van der Waals surface area contributed by atoms with Crippen molar-refractivity contribution < 1.29 is 18.3 Å². The van der Waals surface area contributed by atoms with Crippen LogP contribution in [0.25, 0.3) is 0 Å². The minimum absolute atomic E-state index is 0.0485. The summed E-state index contributed by atoms with van der Waals surface area (Å²) in [5.74, 6) is -1.62. The van der Waals surface area contributed by atoms with E-state index < -0.39 is 11.6 Å². The monoisotopic (exact) mass is 324 g/mol. The predicted octanol–water partition coefficient (Wildman–Crippen LogP) is 3.03. The Morgan fingerprint density at radius 1 is 1.26 bits per heavy atom. The molecule has 1 aromatic carbocycles. The molecule has 1 N–H and O–H groups in total. The molecule has 2 aliphatic rings. The Morgan fingerprint density at radius 3 is 2.87 bits per heavy atom. The Balaban J connectivity index is 1.56. The van der Waals surface area contributed by atoms with Crippen LogP contribution in [0.4, 0.5) is 13.6 Å². The van der Waals surface area contributed by atoms with Gasteiger partial charge in [-0.3, -0.25) is 0 Å². The van der Waals surface area contributed by atoms with Crippen LogP contribution in [0, 0.1) is 11.6 Å². The third kappa shape index (κ3) is 3.99. The molecular weight excluding hydrogens is 302 g/mol. The molecule has 2 saturated heterocycles. The molecule has 4 nitrogen and oxygen atoms in total. The summed E-state index contributed by atoms with van der Waals surface area (Å²) in [6, 6.07) is 3.90. The highest BCUT2D eigenvalue weighted by molar-refractivity contribution is 5.74. The summed E-state index contributed by atoms with van der Waals surface area (Å²) in [5, 5.41) is 2.91. The number of urea groups is 1. The number of amides is 2. The van der Waals surface area contributed by atoms with Crippen LogP contribution in [0.15, 0.2) is 18.2 Å². The summed E-state index contributed by atoms with van der Waals surface area (Å²) < 4.78 is 32.0. The summed E-state index contributed by atoms with van der Waals surface area (Å²) in [6.45, 7) is 2.52. The predicted molar refractivity (Wildman–Crippen MR) is 82.3 cm³/mol. The number of nitrogens with zero attached hydrogens (tertiary/aromatic N) is 1. The summed E-state index contributed by atoms with van der Waals surface area (Å²) in [7, 11) is 0. The van der Waals surface area contributed by atoms with E-state index in [2.05, 4.69) is 5.32 Å². The van der Waals surface area contributed by atoms with Crippen LogP contribution in [0.5, 0.6) is 0 Å². The van der Waals surface area contributed by atoms with Crippen molar-refractivity contribution in [3.8, 4) is 0 Å². The number of nitrogens with one attached hydrogen (secondary N) is 1. The largest absolute Gasteiger partial charge is 0.376 e. The number of hydrogen-bond donors (Lipinski definition) is 1. The quantitative estimate of drug-likeness (QED) is 0.928. The van der Waals surface area contributed by atoms with Gasteiger partial charge in [0.25, 0.3) is 0 Å². The molecule has 23 heavy (non-hydrogen) atoms. The molecule has 2 aliphatic heterocycles. The van der Waals surface area contributed by atoms with Crippen molar-refractivity contribution >= 4 is 6.03 Å². The highest BCUT2D eigenvalue weighted by Gasteiger charge is 2.26. The zero-order valence-corrected chi connectivity index (χ0v) is 13.1. The van der Waals surface area contributed by atoms with Gasteiger partial charge in [-0.2, -0.15) is 0 Å². The van der Waals surface area contributed by atoms with Crippen LogP contribution in [0.3, 0.4) is 0 Å². The highest BCUT2D eigenvalue weighted by Crippen LogP contribution is 2.28. The molecule has 0 bridgehead atoms. The molecule has 0 aliphatic carbocycles. The highest BCUT2D eigenvalue weighted by atomic mass is 19.2. The molecule has 6 heteroatoms. The molecule has 2 atom stereocenters. The van der Waals surface area contributed by atoms with Gasteiger partial charge in [-0.1, -0.05) is 6.07 Å². The molecule has 2 unspecified atom stereocenters. The Hall–Kier alpha value is -1.69. The van der Waals surface area contributed by atoms with Crippen molar-refractivity contribution in [1.82, 2.24) is 10.2 Å². The van der Waals surface area contributed by atoms with E-state index in [1.54, 1.807) is 11.0 Å². The number of rotatable bonds is 3. The minimum atomic E-state index is -0.837. The van der Waals surface area contributed by atoms with Crippen LogP contribution >= 0.6 is 0 Å². The van der Waals surface area contributed by atoms with E-state index in [0.717, 1.165) is 43.9 Å². The fourth-order valence-corrected chi connectivity index (χ4v) is 3.32. The van der Waals surface area contributed by atoms with E-state index in [-0.39, 0.29) is 18.1 Å². The molecule has 0 radical (unpaired) electrons. The van der Waals surface area contributed by atoms with Gasteiger partial charge in [-0.15, -0.1) is 0 Å². The average molecular weight is 324 g/mol. The Labute approximate surface area is 134 Å². The molecule has 0 saturated carbocycles.